The van der Waals surface area contributed by atoms with Gasteiger partial charge in [-0.1, -0.05) is 11.6 Å². The summed E-state index contributed by atoms with van der Waals surface area (Å²) >= 11 is 7.98. The van der Waals surface area contributed by atoms with Gasteiger partial charge in [-0.3, -0.25) is 9.69 Å². The molecule has 6 nitrogen and oxygen atoms in total. The Hall–Kier alpha value is -2.23. The van der Waals surface area contributed by atoms with Crippen molar-refractivity contribution in [3.05, 3.63) is 38.8 Å². The number of likely N-dealkylation sites (N-methyl/N-ethyl adjacent to an activating group) is 1. The van der Waals surface area contributed by atoms with Crippen LogP contribution in [0.3, 0.4) is 0 Å². The summed E-state index contributed by atoms with van der Waals surface area (Å²) < 4.78 is 33.0. The maximum absolute atomic E-state index is 13.6. The van der Waals surface area contributed by atoms with Crippen LogP contribution in [-0.2, 0) is 0 Å². The number of benzene rings is 1. The second kappa shape index (κ2) is 8.37. The number of anilines is 1. The lowest BCUT2D eigenvalue weighted by Gasteiger charge is -2.19. The molecular weight excluding hydrogens is 446 g/mol. The minimum Gasteiger partial charge on any atom is -0.490 e. The number of H-pyrrole nitrogens is 1. The number of aromatic amines is 1. The van der Waals surface area contributed by atoms with Gasteiger partial charge in [0.2, 0.25) is 0 Å². The molecule has 3 aromatic rings. The van der Waals surface area contributed by atoms with Gasteiger partial charge in [-0.25, -0.2) is 13.8 Å². The van der Waals surface area contributed by atoms with Crippen LogP contribution in [0.25, 0.3) is 22.3 Å². The van der Waals surface area contributed by atoms with Gasteiger partial charge in [0.15, 0.2) is 10.6 Å². The summed E-state index contributed by atoms with van der Waals surface area (Å²) in [6.45, 7) is 3.83. The first-order chi connectivity index (χ1) is 14.6. The highest BCUT2D eigenvalue weighted by atomic mass is 35.5. The number of hydrogen-bond donors (Lipinski definition) is 2. The van der Waals surface area contributed by atoms with Crippen molar-refractivity contribution in [2.24, 2.45) is 0 Å². The molecule has 0 spiro atoms. The normalized spacial score (nSPS) is 18.7. The Morgan fingerprint density at radius 3 is 2.90 bits per heavy atom. The molecule has 1 unspecified atom stereocenters. The monoisotopic (exact) mass is 468 g/mol. The van der Waals surface area contributed by atoms with Crippen molar-refractivity contribution in [3.63, 3.8) is 0 Å². The molecule has 4 rings (SSSR count). The van der Waals surface area contributed by atoms with Crippen LogP contribution < -0.4 is 15.5 Å². The molecule has 2 N–H and O–H groups in total. The van der Waals surface area contributed by atoms with Crippen molar-refractivity contribution in [2.75, 3.05) is 25.5 Å². The minimum atomic E-state index is -2.72. The maximum atomic E-state index is 13.6. The Morgan fingerprint density at radius 2 is 2.23 bits per heavy atom. The van der Waals surface area contributed by atoms with Crippen molar-refractivity contribution in [1.82, 2.24) is 14.9 Å². The highest BCUT2D eigenvalue weighted by Gasteiger charge is 2.43. The molecule has 1 atom stereocenters. The first-order valence-electron chi connectivity index (χ1n) is 9.92. The molecular formula is C21H23ClF2N4O2S. The van der Waals surface area contributed by atoms with E-state index in [0.29, 0.717) is 28.0 Å². The molecule has 0 amide bonds. The molecule has 166 valence electrons. The van der Waals surface area contributed by atoms with Crippen LogP contribution in [0, 0.1) is 0 Å². The van der Waals surface area contributed by atoms with Crippen molar-refractivity contribution in [3.8, 4) is 17.1 Å². The zero-order valence-corrected chi connectivity index (χ0v) is 18.9. The molecule has 31 heavy (non-hydrogen) atoms. The summed E-state index contributed by atoms with van der Waals surface area (Å²) in [6.07, 6.45) is -0.258. The van der Waals surface area contributed by atoms with Crippen LogP contribution in [0.4, 0.5) is 13.9 Å². The van der Waals surface area contributed by atoms with E-state index in [0.717, 1.165) is 5.13 Å². The number of halogens is 3. The molecule has 1 aromatic carbocycles. The van der Waals surface area contributed by atoms with Gasteiger partial charge in [0.05, 0.1) is 23.4 Å². The molecule has 2 aromatic heterocycles. The average molecular weight is 469 g/mol. The summed E-state index contributed by atoms with van der Waals surface area (Å²) in [6, 6.07) is 4.54. The molecule has 3 heterocycles. The number of pyridine rings is 1. The number of ether oxygens (including phenoxy) is 1. The Kier molecular flexibility index (Phi) is 5.93. The minimum absolute atomic E-state index is 0.0809. The quantitative estimate of drug-likeness (QED) is 0.541. The Morgan fingerprint density at radius 1 is 1.45 bits per heavy atom. The second-order valence-electron chi connectivity index (χ2n) is 8.12. The van der Waals surface area contributed by atoms with Crippen molar-refractivity contribution < 1.29 is 13.5 Å². The number of nitrogens with one attached hydrogen (secondary N) is 2. The summed E-state index contributed by atoms with van der Waals surface area (Å²) in [4.78, 5) is 21.9. The third kappa shape index (κ3) is 4.68. The van der Waals surface area contributed by atoms with E-state index < -0.39 is 12.0 Å². The smallest absolute Gasteiger partial charge is 0.262 e. The van der Waals surface area contributed by atoms with E-state index >= 15 is 0 Å². The van der Waals surface area contributed by atoms with Crippen LogP contribution in [-0.4, -0.2) is 53.1 Å². The number of rotatable bonds is 6. The van der Waals surface area contributed by atoms with Gasteiger partial charge in [0.25, 0.3) is 5.92 Å². The Labute approximate surface area is 187 Å². The van der Waals surface area contributed by atoms with E-state index in [1.165, 1.54) is 17.4 Å². The van der Waals surface area contributed by atoms with E-state index in [1.54, 1.807) is 24.1 Å². The largest absolute Gasteiger partial charge is 0.490 e. The first-order valence-corrected chi connectivity index (χ1v) is 11.2. The predicted octanol–water partition coefficient (Wildman–Crippen LogP) is 4.84. The number of aromatic nitrogens is 2. The van der Waals surface area contributed by atoms with Gasteiger partial charge >= 0.3 is 0 Å². The molecule has 0 aliphatic carbocycles. The van der Waals surface area contributed by atoms with Gasteiger partial charge < -0.3 is 15.0 Å². The molecule has 0 radical (unpaired) electrons. The third-order valence-corrected chi connectivity index (χ3v) is 6.32. The second-order valence-corrected chi connectivity index (χ2v) is 9.36. The molecule has 1 aliphatic rings. The number of likely N-dealkylation sites (tertiary alicyclic amines) is 1. The van der Waals surface area contributed by atoms with Crippen LogP contribution in [0.15, 0.2) is 28.4 Å². The number of fused-ring (bicyclic) bond motifs is 1. The Bertz CT molecular complexity index is 1160. The third-order valence-electron chi connectivity index (χ3n) is 5.17. The van der Waals surface area contributed by atoms with E-state index in [9.17, 15) is 13.6 Å². The SMILES string of the molecule is CC(C)Nc1nc(-c2cc(=O)c3ccc(OCC4CC(F)(F)CN4C)c(Cl)c3[nH]2)cs1. The van der Waals surface area contributed by atoms with Crippen LogP contribution in [0.1, 0.15) is 20.3 Å². The van der Waals surface area contributed by atoms with E-state index in [4.69, 9.17) is 16.3 Å². The fourth-order valence-corrected chi connectivity index (χ4v) is 4.78. The average Bonchev–Trinajstić information content (AvgIpc) is 3.24. The molecule has 10 heteroatoms. The highest BCUT2D eigenvalue weighted by Crippen LogP contribution is 2.35. The fourth-order valence-electron chi connectivity index (χ4n) is 3.66. The number of alkyl halides is 2. The maximum Gasteiger partial charge on any atom is 0.262 e. The topological polar surface area (TPSA) is 70.2 Å². The number of thiazole rings is 1. The summed E-state index contributed by atoms with van der Waals surface area (Å²) in [5.41, 5.74) is 1.40. The molecule has 0 saturated carbocycles. The molecule has 0 bridgehead atoms. The van der Waals surface area contributed by atoms with Crippen molar-refractivity contribution >= 4 is 39.0 Å². The highest BCUT2D eigenvalue weighted by molar-refractivity contribution is 7.14. The number of nitrogens with zero attached hydrogens (tertiary/aromatic N) is 2. The number of hydrogen-bond acceptors (Lipinski definition) is 6. The zero-order valence-electron chi connectivity index (χ0n) is 17.3. The van der Waals surface area contributed by atoms with Gasteiger partial charge in [0.1, 0.15) is 17.4 Å². The van der Waals surface area contributed by atoms with Crippen LogP contribution >= 0.6 is 22.9 Å². The van der Waals surface area contributed by atoms with Crippen molar-refractivity contribution in [1.29, 1.82) is 0 Å². The first kappa shape index (κ1) is 22.0. The lowest BCUT2D eigenvalue weighted by Crippen LogP contribution is -2.30. The van der Waals surface area contributed by atoms with Gasteiger partial charge in [-0.15, -0.1) is 11.3 Å². The van der Waals surface area contributed by atoms with Gasteiger partial charge in [-0.05, 0) is 33.0 Å². The standard InChI is InChI=1S/C21H23ClF2N4O2S/c1-11(2)25-20-27-15(9-31-20)14-6-16(29)13-4-5-17(18(22)19(13)26-14)30-8-12-7-21(23,24)10-28(12)3/h4-6,9,11-12H,7-8,10H2,1-3H3,(H,25,27)(H,26,29). The lowest BCUT2D eigenvalue weighted by molar-refractivity contribution is 0.0137. The van der Waals surface area contributed by atoms with Crippen molar-refractivity contribution in [2.45, 2.75) is 38.3 Å². The van der Waals surface area contributed by atoms with E-state index in [1.807, 2.05) is 19.2 Å². The predicted molar refractivity (Wildman–Crippen MR) is 121 cm³/mol. The summed E-state index contributed by atoms with van der Waals surface area (Å²) in [5, 5.41) is 6.50. The van der Waals surface area contributed by atoms with Crippen LogP contribution in [0.5, 0.6) is 5.75 Å². The van der Waals surface area contributed by atoms with Gasteiger partial charge in [0, 0.05) is 35.3 Å². The lowest BCUT2D eigenvalue weighted by atomic mass is 10.1. The van der Waals surface area contributed by atoms with E-state index in [-0.39, 0.29) is 36.1 Å². The zero-order chi connectivity index (χ0) is 22.3. The van der Waals surface area contributed by atoms with Crippen LogP contribution in [0.2, 0.25) is 5.02 Å². The summed E-state index contributed by atoms with van der Waals surface area (Å²) in [5.74, 6) is -2.38. The van der Waals surface area contributed by atoms with Gasteiger partial charge in [-0.2, -0.15) is 0 Å². The fraction of sp³-hybridized carbons (Fsp3) is 0.429. The molecule has 1 fully saturated rings. The molecule has 1 saturated heterocycles. The molecule has 1 aliphatic heterocycles. The summed E-state index contributed by atoms with van der Waals surface area (Å²) in [7, 11) is 1.65. The van der Waals surface area contributed by atoms with E-state index in [2.05, 4.69) is 15.3 Å². The Balaban J connectivity index is 1.62.